The Balaban J connectivity index is 1.67. The van der Waals surface area contributed by atoms with Crippen LogP contribution in [0.4, 0.5) is 5.69 Å². The van der Waals surface area contributed by atoms with Crippen LogP contribution in [0.5, 0.6) is 0 Å². The van der Waals surface area contributed by atoms with Gasteiger partial charge in [0, 0.05) is 22.0 Å². The van der Waals surface area contributed by atoms with Crippen LogP contribution in [0.2, 0.25) is 0 Å². The first-order chi connectivity index (χ1) is 10.1. The van der Waals surface area contributed by atoms with Gasteiger partial charge < -0.3 is 0 Å². The smallest absolute Gasteiger partial charge is 0.265 e. The van der Waals surface area contributed by atoms with E-state index in [4.69, 9.17) is 0 Å². The first kappa shape index (κ1) is 14.5. The van der Waals surface area contributed by atoms with Crippen molar-refractivity contribution in [1.29, 1.82) is 0 Å². The number of hydrogen-bond donors (Lipinski definition) is 2. The lowest BCUT2D eigenvalue weighted by atomic mass is 10.3. The van der Waals surface area contributed by atoms with Crippen molar-refractivity contribution < 1.29 is 8.42 Å². The molecule has 0 unspecified atom stereocenters. The molecule has 1 aromatic heterocycles. The lowest BCUT2D eigenvalue weighted by Gasteiger charge is -2.10. The van der Waals surface area contributed by atoms with Crippen LogP contribution < -0.4 is 4.72 Å². The Bertz CT molecular complexity index is 676. The molecule has 0 bridgehead atoms. The minimum absolute atomic E-state index is 0.131. The summed E-state index contributed by atoms with van der Waals surface area (Å²) >= 11 is 1.88. The van der Waals surface area contributed by atoms with E-state index in [1.165, 1.54) is 43.0 Å². The van der Waals surface area contributed by atoms with Crippen LogP contribution in [0.25, 0.3) is 0 Å². The van der Waals surface area contributed by atoms with Crippen LogP contribution in [0.3, 0.4) is 0 Å². The summed E-state index contributed by atoms with van der Waals surface area (Å²) < 4.78 is 26.6. The van der Waals surface area contributed by atoms with E-state index in [-0.39, 0.29) is 4.90 Å². The Morgan fingerprint density at radius 1 is 1.19 bits per heavy atom. The minimum Gasteiger partial charge on any atom is -0.284 e. The number of nitrogens with one attached hydrogen (secondary N) is 2. The maximum atomic E-state index is 12.0. The molecule has 0 atom stereocenters. The molecule has 21 heavy (non-hydrogen) atoms. The van der Waals surface area contributed by atoms with Crippen LogP contribution >= 0.6 is 11.8 Å². The Morgan fingerprint density at radius 3 is 2.52 bits per heavy atom. The third-order valence-electron chi connectivity index (χ3n) is 3.49. The van der Waals surface area contributed by atoms with E-state index in [1.54, 1.807) is 12.1 Å². The van der Waals surface area contributed by atoms with Crippen molar-refractivity contribution in [2.24, 2.45) is 0 Å². The normalized spacial score (nSPS) is 16.2. The van der Waals surface area contributed by atoms with E-state index in [0.717, 1.165) is 0 Å². The molecule has 0 amide bonds. The topological polar surface area (TPSA) is 74.8 Å². The summed E-state index contributed by atoms with van der Waals surface area (Å²) in [5.41, 5.74) is 0.562. The van der Waals surface area contributed by atoms with Gasteiger partial charge in [0.2, 0.25) is 0 Å². The average Bonchev–Trinajstić information content (AvgIpc) is 3.13. The van der Waals surface area contributed by atoms with Gasteiger partial charge in [-0.15, -0.1) is 11.8 Å². The van der Waals surface area contributed by atoms with Gasteiger partial charge in [-0.2, -0.15) is 5.10 Å². The molecule has 5 nitrogen and oxygen atoms in total. The zero-order valence-corrected chi connectivity index (χ0v) is 13.1. The standard InChI is InChI=1S/C14H17N3O2S2/c18-21(19,14-9-15-16-10-14)17-11-5-7-13(8-6-11)20-12-3-1-2-4-12/h5-10,12,17H,1-4H2,(H,15,16). The number of aromatic nitrogens is 2. The number of hydrogen-bond acceptors (Lipinski definition) is 4. The highest BCUT2D eigenvalue weighted by Crippen LogP contribution is 2.35. The van der Waals surface area contributed by atoms with E-state index in [9.17, 15) is 8.42 Å². The SMILES string of the molecule is O=S(=O)(Nc1ccc(SC2CCCC2)cc1)c1cn[nH]c1. The molecular formula is C14H17N3O2S2. The highest BCUT2D eigenvalue weighted by atomic mass is 32.2. The van der Waals surface area contributed by atoms with Gasteiger partial charge in [0.05, 0.1) is 6.20 Å². The lowest BCUT2D eigenvalue weighted by Crippen LogP contribution is -2.12. The fraction of sp³-hybridized carbons (Fsp3) is 0.357. The Labute approximate surface area is 128 Å². The van der Waals surface area contributed by atoms with E-state index in [2.05, 4.69) is 14.9 Å². The second-order valence-electron chi connectivity index (χ2n) is 5.09. The Morgan fingerprint density at radius 2 is 1.90 bits per heavy atom. The van der Waals surface area contributed by atoms with Crippen molar-refractivity contribution in [3.05, 3.63) is 36.7 Å². The van der Waals surface area contributed by atoms with E-state index < -0.39 is 10.0 Å². The fourth-order valence-electron chi connectivity index (χ4n) is 2.40. The number of H-pyrrole nitrogens is 1. The van der Waals surface area contributed by atoms with E-state index in [1.807, 2.05) is 23.9 Å². The van der Waals surface area contributed by atoms with Gasteiger partial charge in [0.15, 0.2) is 0 Å². The molecule has 0 spiro atoms. The second kappa shape index (κ2) is 6.11. The molecule has 1 aliphatic carbocycles. The molecule has 1 heterocycles. The van der Waals surface area contributed by atoms with Gasteiger partial charge in [0.25, 0.3) is 10.0 Å². The van der Waals surface area contributed by atoms with Crippen LogP contribution in [0.1, 0.15) is 25.7 Å². The molecule has 0 aliphatic heterocycles. The quantitative estimate of drug-likeness (QED) is 0.886. The minimum atomic E-state index is -3.56. The zero-order valence-electron chi connectivity index (χ0n) is 11.5. The largest absolute Gasteiger partial charge is 0.284 e. The molecule has 0 saturated heterocycles. The number of thioether (sulfide) groups is 1. The van der Waals surface area contributed by atoms with Gasteiger partial charge in [-0.1, -0.05) is 12.8 Å². The summed E-state index contributed by atoms with van der Waals surface area (Å²) in [6.45, 7) is 0. The van der Waals surface area contributed by atoms with Gasteiger partial charge in [-0.3, -0.25) is 9.82 Å². The summed E-state index contributed by atoms with van der Waals surface area (Å²) in [7, 11) is -3.56. The highest BCUT2D eigenvalue weighted by molar-refractivity contribution is 8.00. The molecular weight excluding hydrogens is 306 g/mol. The first-order valence-electron chi connectivity index (χ1n) is 6.92. The van der Waals surface area contributed by atoms with Crippen LogP contribution in [-0.4, -0.2) is 23.9 Å². The Hall–Kier alpha value is -1.47. The average molecular weight is 323 g/mol. The number of benzene rings is 1. The monoisotopic (exact) mass is 323 g/mol. The molecule has 3 rings (SSSR count). The number of nitrogens with zero attached hydrogens (tertiary/aromatic N) is 1. The van der Waals surface area contributed by atoms with Gasteiger partial charge >= 0.3 is 0 Å². The summed E-state index contributed by atoms with van der Waals surface area (Å²) in [6.07, 6.45) is 7.83. The predicted molar refractivity (Wildman–Crippen MR) is 84.0 cm³/mol. The molecule has 1 aliphatic rings. The van der Waals surface area contributed by atoms with Crippen molar-refractivity contribution in [2.45, 2.75) is 40.7 Å². The Kier molecular flexibility index (Phi) is 4.21. The molecule has 1 saturated carbocycles. The molecule has 2 N–H and O–H groups in total. The van der Waals surface area contributed by atoms with Gasteiger partial charge in [0.1, 0.15) is 4.90 Å². The summed E-state index contributed by atoms with van der Waals surface area (Å²) in [5, 5.41) is 6.86. The van der Waals surface area contributed by atoms with Gasteiger partial charge in [-0.05, 0) is 37.1 Å². The van der Waals surface area contributed by atoms with Crippen LogP contribution in [-0.2, 0) is 10.0 Å². The second-order valence-corrected chi connectivity index (χ2v) is 8.14. The van der Waals surface area contributed by atoms with E-state index in [0.29, 0.717) is 10.9 Å². The summed E-state index contributed by atoms with van der Waals surface area (Å²) in [5.74, 6) is 0. The first-order valence-corrected chi connectivity index (χ1v) is 9.28. The molecule has 112 valence electrons. The molecule has 2 aromatic rings. The van der Waals surface area contributed by atoms with Gasteiger partial charge in [-0.25, -0.2) is 8.42 Å². The summed E-state index contributed by atoms with van der Waals surface area (Å²) in [6, 6.07) is 7.54. The van der Waals surface area contributed by atoms with Crippen molar-refractivity contribution in [2.75, 3.05) is 4.72 Å². The maximum Gasteiger partial charge on any atom is 0.265 e. The lowest BCUT2D eigenvalue weighted by molar-refractivity contribution is 0.601. The van der Waals surface area contributed by atoms with Crippen molar-refractivity contribution in [3.8, 4) is 0 Å². The fourth-order valence-corrected chi connectivity index (χ4v) is 4.61. The molecule has 0 radical (unpaired) electrons. The third-order valence-corrected chi connectivity index (χ3v) is 6.19. The molecule has 1 fully saturated rings. The number of anilines is 1. The molecule has 7 heteroatoms. The number of aromatic amines is 1. The van der Waals surface area contributed by atoms with Crippen molar-refractivity contribution in [1.82, 2.24) is 10.2 Å². The van der Waals surface area contributed by atoms with Crippen molar-refractivity contribution in [3.63, 3.8) is 0 Å². The van der Waals surface area contributed by atoms with Crippen molar-refractivity contribution >= 4 is 27.5 Å². The zero-order chi connectivity index (χ0) is 14.7. The van der Waals surface area contributed by atoms with E-state index >= 15 is 0 Å². The van der Waals surface area contributed by atoms with Crippen LogP contribution in [0, 0.1) is 0 Å². The molecule has 1 aromatic carbocycles. The third kappa shape index (κ3) is 3.59. The number of sulfonamides is 1. The highest BCUT2D eigenvalue weighted by Gasteiger charge is 2.17. The maximum absolute atomic E-state index is 12.0. The predicted octanol–water partition coefficient (Wildman–Crippen LogP) is 3.25. The number of rotatable bonds is 5. The van der Waals surface area contributed by atoms with Crippen LogP contribution in [0.15, 0.2) is 46.5 Å². The summed E-state index contributed by atoms with van der Waals surface area (Å²) in [4.78, 5) is 1.32.